The summed E-state index contributed by atoms with van der Waals surface area (Å²) < 4.78 is 6.20. The van der Waals surface area contributed by atoms with Crippen molar-refractivity contribution in [1.29, 1.82) is 0 Å². The van der Waals surface area contributed by atoms with Crippen LogP contribution in [0.3, 0.4) is 0 Å². The Hall–Kier alpha value is -2.68. The maximum absolute atomic E-state index is 11.2. The van der Waals surface area contributed by atoms with Crippen LogP contribution in [0.1, 0.15) is 59.2 Å². The monoisotopic (exact) mass is 509 g/mol. The third-order valence-electron chi connectivity index (χ3n) is 6.66. The fraction of sp³-hybridized carbons (Fsp3) is 0.500. The summed E-state index contributed by atoms with van der Waals surface area (Å²) in [6, 6.07) is 14.6. The number of unbranched alkanes of at least 4 members (excludes halogenated alkanes) is 1. The van der Waals surface area contributed by atoms with Gasteiger partial charge in [0, 0.05) is 29.2 Å². The van der Waals surface area contributed by atoms with E-state index in [1.165, 1.54) is 11.1 Å². The number of aryl methyl sites for hydroxylation is 1. The molecule has 0 amide bonds. The number of carbonyl (C=O) groups is 2. The molecule has 3 radical (unpaired) electrons. The zero-order valence-electron chi connectivity index (χ0n) is 20.9. The van der Waals surface area contributed by atoms with Gasteiger partial charge in [-0.1, -0.05) is 30.3 Å². The molecule has 1 atom stereocenters. The molecule has 7 nitrogen and oxygen atoms in total. The Balaban J connectivity index is 1.68. The zero-order valence-corrected chi connectivity index (χ0v) is 21.9. The molecule has 36 heavy (non-hydrogen) atoms. The summed E-state index contributed by atoms with van der Waals surface area (Å²) in [6.45, 7) is 4.05. The van der Waals surface area contributed by atoms with Crippen LogP contribution in [0.25, 0.3) is 0 Å². The number of ether oxygens (including phenoxy) is 1. The van der Waals surface area contributed by atoms with Crippen molar-refractivity contribution in [2.45, 2.75) is 63.6 Å². The molecule has 2 aromatic carbocycles. The smallest absolute Gasteiger partial charge is 0.335 e. The van der Waals surface area contributed by atoms with E-state index in [0.717, 1.165) is 69.1 Å². The van der Waals surface area contributed by atoms with E-state index in [9.17, 15) is 14.7 Å². The van der Waals surface area contributed by atoms with Crippen molar-refractivity contribution in [2.75, 3.05) is 26.2 Å². The highest BCUT2D eigenvalue weighted by atomic mass is 28.1. The van der Waals surface area contributed by atoms with Crippen LogP contribution in [-0.2, 0) is 24.2 Å². The molecule has 3 N–H and O–H groups in total. The quantitative estimate of drug-likeness (QED) is 0.233. The maximum atomic E-state index is 11.2. The lowest BCUT2D eigenvalue weighted by Crippen LogP contribution is -2.39. The van der Waals surface area contributed by atoms with E-state index in [2.05, 4.69) is 38.7 Å². The highest BCUT2D eigenvalue weighted by Gasteiger charge is 2.26. The number of benzene rings is 2. The minimum Gasteiger partial charge on any atom is -0.493 e. The lowest BCUT2D eigenvalue weighted by atomic mass is 9.86. The molecule has 0 aliphatic heterocycles. The number of hydrogen-bond acceptors (Lipinski definition) is 5. The number of aliphatic carboxylic acids is 1. The molecule has 1 aliphatic carbocycles. The van der Waals surface area contributed by atoms with E-state index in [4.69, 9.17) is 9.84 Å². The molecule has 0 bridgehead atoms. The van der Waals surface area contributed by atoms with E-state index in [-0.39, 0.29) is 12.0 Å². The summed E-state index contributed by atoms with van der Waals surface area (Å²) in [5.41, 5.74) is 3.96. The van der Waals surface area contributed by atoms with Gasteiger partial charge < -0.3 is 20.3 Å². The number of aromatic carboxylic acids is 1. The lowest BCUT2D eigenvalue weighted by molar-refractivity contribution is -0.137. The van der Waals surface area contributed by atoms with Crippen molar-refractivity contribution in [1.82, 2.24) is 10.2 Å². The predicted molar refractivity (Wildman–Crippen MR) is 141 cm³/mol. The molecule has 193 valence electrons. The number of carboxylic acid groups (broad SMARTS) is 2. The number of fused-ring (bicyclic) bond motifs is 1. The molecule has 3 rings (SSSR count). The normalized spacial score (nSPS) is 15.0. The Morgan fingerprint density at radius 3 is 2.58 bits per heavy atom. The first-order valence-electron chi connectivity index (χ1n) is 12.8. The van der Waals surface area contributed by atoms with Gasteiger partial charge in [0.1, 0.15) is 5.75 Å². The van der Waals surface area contributed by atoms with Gasteiger partial charge in [0.15, 0.2) is 0 Å². The molecule has 2 aromatic rings. The molecule has 0 heterocycles. The van der Waals surface area contributed by atoms with Crippen LogP contribution < -0.4 is 10.1 Å². The first-order chi connectivity index (χ1) is 17.5. The zero-order chi connectivity index (χ0) is 25.8. The first kappa shape index (κ1) is 27.9. The van der Waals surface area contributed by atoms with Crippen molar-refractivity contribution in [2.24, 2.45) is 0 Å². The number of rotatable bonds is 16. The van der Waals surface area contributed by atoms with Gasteiger partial charge in [0.25, 0.3) is 0 Å². The van der Waals surface area contributed by atoms with Gasteiger partial charge in [-0.05, 0) is 93.0 Å². The molecule has 0 fully saturated rings. The molecular formula is C28H37N2O5Si. The van der Waals surface area contributed by atoms with Gasteiger partial charge in [-0.25, -0.2) is 4.79 Å². The van der Waals surface area contributed by atoms with Gasteiger partial charge in [-0.3, -0.25) is 9.69 Å². The van der Waals surface area contributed by atoms with Crippen LogP contribution >= 0.6 is 0 Å². The topological polar surface area (TPSA) is 99.1 Å². The molecular weight excluding hydrogens is 472 g/mol. The van der Waals surface area contributed by atoms with Crippen LogP contribution in [0.15, 0.2) is 42.5 Å². The highest BCUT2D eigenvalue weighted by molar-refractivity contribution is 6.08. The van der Waals surface area contributed by atoms with Crippen molar-refractivity contribution in [3.05, 3.63) is 64.7 Å². The summed E-state index contributed by atoms with van der Waals surface area (Å²) in [6.07, 6.45) is 5.47. The van der Waals surface area contributed by atoms with Gasteiger partial charge >= 0.3 is 11.9 Å². The molecule has 0 spiro atoms. The second kappa shape index (κ2) is 14.8. The van der Waals surface area contributed by atoms with Crippen molar-refractivity contribution >= 4 is 22.2 Å². The minimum atomic E-state index is -0.928. The van der Waals surface area contributed by atoms with Gasteiger partial charge in [-0.15, -0.1) is 0 Å². The van der Waals surface area contributed by atoms with E-state index in [1.807, 2.05) is 12.1 Å². The first-order valence-corrected chi connectivity index (χ1v) is 13.6. The highest BCUT2D eigenvalue weighted by Crippen LogP contribution is 2.32. The minimum absolute atomic E-state index is 0.178. The van der Waals surface area contributed by atoms with E-state index in [0.29, 0.717) is 25.6 Å². The summed E-state index contributed by atoms with van der Waals surface area (Å²) in [5.74, 6) is -0.724. The third-order valence-corrected chi connectivity index (χ3v) is 6.91. The predicted octanol–water partition coefficient (Wildman–Crippen LogP) is 3.94. The van der Waals surface area contributed by atoms with Crippen LogP contribution in [0.4, 0.5) is 0 Å². The maximum Gasteiger partial charge on any atom is 0.335 e. The van der Waals surface area contributed by atoms with Crippen molar-refractivity contribution < 1.29 is 24.5 Å². The Kier molecular flexibility index (Phi) is 11.4. The average molecular weight is 510 g/mol. The Morgan fingerprint density at radius 1 is 1.06 bits per heavy atom. The number of nitrogens with one attached hydrogen (secondary N) is 1. The van der Waals surface area contributed by atoms with Crippen LogP contribution in [0.2, 0.25) is 6.04 Å². The van der Waals surface area contributed by atoms with Crippen LogP contribution in [0.5, 0.6) is 5.75 Å². The number of nitrogens with zero attached hydrogens (tertiary/aromatic N) is 1. The average Bonchev–Trinajstić information content (AvgIpc) is 2.88. The van der Waals surface area contributed by atoms with Gasteiger partial charge in [0.05, 0.1) is 12.2 Å². The van der Waals surface area contributed by atoms with Crippen LogP contribution in [-0.4, -0.2) is 69.6 Å². The van der Waals surface area contributed by atoms with E-state index < -0.39 is 11.9 Å². The second-order valence-electron chi connectivity index (χ2n) is 9.32. The molecule has 0 saturated heterocycles. The van der Waals surface area contributed by atoms with Gasteiger partial charge in [-0.2, -0.15) is 0 Å². The summed E-state index contributed by atoms with van der Waals surface area (Å²) in [4.78, 5) is 24.6. The largest absolute Gasteiger partial charge is 0.493 e. The van der Waals surface area contributed by atoms with Crippen molar-refractivity contribution in [3.8, 4) is 5.75 Å². The third kappa shape index (κ3) is 8.76. The standard InChI is InChI=1S/C28H37N2O5Si/c31-27(32)7-1-2-16-30(20-21-8-10-23(11-9-21)28(33)34)24-13-12-22-5-3-6-26(25(22)19-24)35-17-4-14-29-15-18-36/h3,5-6,8-11,24,29H,1-2,4,7,12-20H2,(H,31,32)(H,33,34). The van der Waals surface area contributed by atoms with E-state index in [1.54, 1.807) is 12.1 Å². The summed E-state index contributed by atoms with van der Waals surface area (Å²) in [5, 5.41) is 21.6. The molecule has 8 heteroatoms. The second-order valence-corrected chi connectivity index (χ2v) is 9.82. The fourth-order valence-corrected chi connectivity index (χ4v) is 4.92. The number of hydrogen-bond donors (Lipinski definition) is 3. The Bertz CT molecular complexity index is 982. The Morgan fingerprint density at radius 2 is 1.86 bits per heavy atom. The van der Waals surface area contributed by atoms with Gasteiger partial charge in [0.2, 0.25) is 0 Å². The van der Waals surface area contributed by atoms with Crippen molar-refractivity contribution in [3.63, 3.8) is 0 Å². The molecule has 0 saturated carbocycles. The lowest BCUT2D eigenvalue weighted by Gasteiger charge is -2.36. The summed E-state index contributed by atoms with van der Waals surface area (Å²) in [7, 11) is 3.47. The van der Waals surface area contributed by atoms with E-state index >= 15 is 0 Å². The van der Waals surface area contributed by atoms with Crippen LogP contribution in [0, 0.1) is 0 Å². The SMILES string of the molecule is O=C(O)CCCCN(Cc1ccc(C(=O)O)cc1)C1CCc2cccc(OCCCNCC[Si])c2C1. The fourth-order valence-electron chi connectivity index (χ4n) is 4.75. The Labute approximate surface area is 217 Å². The molecule has 1 unspecified atom stereocenters. The molecule has 1 aliphatic rings. The molecule has 0 aromatic heterocycles. The summed E-state index contributed by atoms with van der Waals surface area (Å²) >= 11 is 0. The number of carboxylic acids is 2.